The van der Waals surface area contributed by atoms with E-state index < -0.39 is 0 Å². The molecule has 0 bridgehead atoms. The van der Waals surface area contributed by atoms with Crippen LogP contribution in [0.15, 0.2) is 18.2 Å². The van der Waals surface area contributed by atoms with E-state index in [2.05, 4.69) is 5.32 Å². The summed E-state index contributed by atoms with van der Waals surface area (Å²) >= 11 is 0. The third-order valence-electron chi connectivity index (χ3n) is 2.40. The third-order valence-corrected chi connectivity index (χ3v) is 2.40. The molecule has 70 valence electrons. The lowest BCUT2D eigenvalue weighted by atomic mass is 10.1. The number of benzene rings is 1. The van der Waals surface area contributed by atoms with Crippen molar-refractivity contribution in [2.45, 2.75) is 19.1 Å². The predicted octanol–water partition coefficient (Wildman–Crippen LogP) is 1.87. The minimum atomic E-state index is -0.211. The van der Waals surface area contributed by atoms with Gasteiger partial charge in [-0.3, -0.25) is 0 Å². The van der Waals surface area contributed by atoms with Crippen LogP contribution in [-0.2, 0) is 0 Å². The normalized spacial score (nSPS) is 25.5. The van der Waals surface area contributed by atoms with E-state index >= 15 is 0 Å². The predicted molar refractivity (Wildman–Crippen MR) is 48.3 cm³/mol. The van der Waals surface area contributed by atoms with E-state index in [1.807, 2.05) is 14.0 Å². The van der Waals surface area contributed by atoms with Gasteiger partial charge < -0.3 is 10.1 Å². The molecule has 2 nitrogen and oxygen atoms in total. The summed E-state index contributed by atoms with van der Waals surface area (Å²) in [5.41, 5.74) is 0.912. The average molecular weight is 181 g/mol. The van der Waals surface area contributed by atoms with Crippen molar-refractivity contribution in [2.75, 3.05) is 7.05 Å². The molecule has 1 aliphatic rings. The Morgan fingerprint density at radius 3 is 2.92 bits per heavy atom. The van der Waals surface area contributed by atoms with Crippen LogP contribution in [0.5, 0.6) is 5.75 Å². The molecule has 2 rings (SSSR count). The van der Waals surface area contributed by atoms with Gasteiger partial charge in [-0.25, -0.2) is 4.39 Å². The molecule has 1 aromatic carbocycles. The Labute approximate surface area is 76.7 Å². The van der Waals surface area contributed by atoms with Gasteiger partial charge in [-0.2, -0.15) is 0 Å². The van der Waals surface area contributed by atoms with Crippen molar-refractivity contribution in [3.05, 3.63) is 29.6 Å². The van der Waals surface area contributed by atoms with Crippen molar-refractivity contribution < 1.29 is 9.13 Å². The number of ether oxygens (including phenoxy) is 1. The van der Waals surface area contributed by atoms with E-state index in [1.165, 1.54) is 12.1 Å². The van der Waals surface area contributed by atoms with Crippen molar-refractivity contribution in [3.63, 3.8) is 0 Å². The Morgan fingerprint density at radius 1 is 1.46 bits per heavy atom. The van der Waals surface area contributed by atoms with Crippen LogP contribution in [0.3, 0.4) is 0 Å². The first kappa shape index (κ1) is 8.51. The van der Waals surface area contributed by atoms with Gasteiger partial charge >= 0.3 is 0 Å². The zero-order valence-corrected chi connectivity index (χ0v) is 7.67. The van der Waals surface area contributed by atoms with Crippen molar-refractivity contribution >= 4 is 0 Å². The van der Waals surface area contributed by atoms with Crippen LogP contribution in [0.1, 0.15) is 18.5 Å². The van der Waals surface area contributed by atoms with Gasteiger partial charge in [0.2, 0.25) is 0 Å². The molecule has 2 atom stereocenters. The van der Waals surface area contributed by atoms with Crippen LogP contribution in [0.2, 0.25) is 0 Å². The summed E-state index contributed by atoms with van der Waals surface area (Å²) in [6.45, 7) is 1.97. The molecule has 0 saturated carbocycles. The average Bonchev–Trinajstić information content (AvgIpc) is 2.40. The van der Waals surface area contributed by atoms with Crippen LogP contribution in [0, 0.1) is 5.82 Å². The number of halogens is 1. The molecule has 0 fully saturated rings. The molecule has 13 heavy (non-hydrogen) atoms. The Kier molecular flexibility index (Phi) is 1.96. The topological polar surface area (TPSA) is 21.3 Å². The summed E-state index contributed by atoms with van der Waals surface area (Å²) in [6, 6.07) is 4.73. The first-order valence-electron chi connectivity index (χ1n) is 4.35. The van der Waals surface area contributed by atoms with Crippen LogP contribution in [-0.4, -0.2) is 13.2 Å². The largest absolute Gasteiger partial charge is 0.488 e. The van der Waals surface area contributed by atoms with E-state index in [9.17, 15) is 4.39 Å². The zero-order valence-electron chi connectivity index (χ0n) is 7.67. The standard InChI is InChI=1S/C10H12FNO/c1-6-10(12-2)8-5-7(11)3-4-9(8)13-6/h3-6,10,12H,1-2H3. The van der Waals surface area contributed by atoms with Gasteiger partial charge in [0.05, 0.1) is 6.04 Å². The van der Waals surface area contributed by atoms with E-state index in [4.69, 9.17) is 4.74 Å². The molecule has 0 amide bonds. The van der Waals surface area contributed by atoms with E-state index in [-0.39, 0.29) is 18.0 Å². The van der Waals surface area contributed by atoms with Gasteiger partial charge in [0.1, 0.15) is 17.7 Å². The maximum Gasteiger partial charge on any atom is 0.124 e. The highest BCUT2D eigenvalue weighted by atomic mass is 19.1. The summed E-state index contributed by atoms with van der Waals surface area (Å²) in [7, 11) is 1.85. The fourth-order valence-corrected chi connectivity index (χ4v) is 1.78. The van der Waals surface area contributed by atoms with Gasteiger partial charge in [0, 0.05) is 5.56 Å². The maximum absolute atomic E-state index is 12.9. The fourth-order valence-electron chi connectivity index (χ4n) is 1.78. The van der Waals surface area contributed by atoms with Crippen LogP contribution < -0.4 is 10.1 Å². The van der Waals surface area contributed by atoms with Gasteiger partial charge in [0.15, 0.2) is 0 Å². The number of hydrogen-bond acceptors (Lipinski definition) is 2. The quantitative estimate of drug-likeness (QED) is 0.714. The lowest BCUT2D eigenvalue weighted by Crippen LogP contribution is -2.25. The lowest BCUT2D eigenvalue weighted by Gasteiger charge is -2.12. The lowest BCUT2D eigenvalue weighted by molar-refractivity contribution is 0.214. The summed E-state index contributed by atoms with van der Waals surface area (Å²) in [5.74, 6) is 0.574. The molecule has 2 unspecified atom stereocenters. The third kappa shape index (κ3) is 1.29. The van der Waals surface area contributed by atoms with Crippen molar-refractivity contribution in [1.29, 1.82) is 0 Å². The molecular formula is C10H12FNO. The SMILES string of the molecule is CNC1c2cc(F)ccc2OC1C. The summed E-state index contributed by atoms with van der Waals surface area (Å²) in [6.07, 6.45) is 0.0711. The summed E-state index contributed by atoms with van der Waals surface area (Å²) in [5, 5.41) is 3.11. The second-order valence-electron chi connectivity index (χ2n) is 3.27. The molecule has 0 spiro atoms. The molecule has 0 aliphatic carbocycles. The number of fused-ring (bicyclic) bond motifs is 1. The first-order valence-corrected chi connectivity index (χ1v) is 4.35. The minimum Gasteiger partial charge on any atom is -0.488 e. The molecule has 1 heterocycles. The van der Waals surface area contributed by atoms with Gasteiger partial charge in [-0.05, 0) is 32.2 Å². The molecule has 0 aromatic heterocycles. The molecule has 1 N–H and O–H groups in total. The molecule has 0 saturated heterocycles. The second kappa shape index (κ2) is 3.00. The van der Waals surface area contributed by atoms with Crippen molar-refractivity contribution in [2.24, 2.45) is 0 Å². The Balaban J connectivity index is 2.44. The molecular weight excluding hydrogens is 169 g/mol. The van der Waals surface area contributed by atoms with Crippen LogP contribution >= 0.6 is 0 Å². The maximum atomic E-state index is 12.9. The highest BCUT2D eigenvalue weighted by molar-refractivity contribution is 5.40. The Bertz CT molecular complexity index is 327. The number of hydrogen-bond donors (Lipinski definition) is 1. The van der Waals surface area contributed by atoms with Crippen LogP contribution in [0.25, 0.3) is 0 Å². The first-order chi connectivity index (χ1) is 6.22. The molecule has 1 aromatic rings. The van der Waals surface area contributed by atoms with Crippen molar-refractivity contribution in [3.8, 4) is 5.75 Å². The van der Waals surface area contributed by atoms with E-state index in [0.717, 1.165) is 11.3 Å². The Hall–Kier alpha value is -1.09. The Morgan fingerprint density at radius 2 is 2.23 bits per heavy atom. The fraction of sp³-hybridized carbons (Fsp3) is 0.400. The van der Waals surface area contributed by atoms with Crippen molar-refractivity contribution in [1.82, 2.24) is 5.32 Å². The minimum absolute atomic E-state index is 0.0711. The van der Waals surface area contributed by atoms with E-state index in [0.29, 0.717) is 0 Å². The zero-order chi connectivity index (χ0) is 9.42. The van der Waals surface area contributed by atoms with Gasteiger partial charge in [0.25, 0.3) is 0 Å². The van der Waals surface area contributed by atoms with Crippen LogP contribution in [0.4, 0.5) is 4.39 Å². The highest BCUT2D eigenvalue weighted by Gasteiger charge is 2.29. The van der Waals surface area contributed by atoms with E-state index in [1.54, 1.807) is 6.07 Å². The number of likely N-dealkylation sites (N-methyl/N-ethyl adjacent to an activating group) is 1. The number of rotatable bonds is 1. The monoisotopic (exact) mass is 181 g/mol. The summed E-state index contributed by atoms with van der Waals surface area (Å²) in [4.78, 5) is 0. The second-order valence-corrected chi connectivity index (χ2v) is 3.27. The summed E-state index contributed by atoms with van der Waals surface area (Å²) < 4.78 is 18.5. The van der Waals surface area contributed by atoms with Gasteiger partial charge in [-0.15, -0.1) is 0 Å². The molecule has 0 radical (unpaired) electrons. The van der Waals surface area contributed by atoms with Gasteiger partial charge in [-0.1, -0.05) is 0 Å². The highest BCUT2D eigenvalue weighted by Crippen LogP contribution is 2.36. The number of nitrogens with one attached hydrogen (secondary N) is 1. The smallest absolute Gasteiger partial charge is 0.124 e. The molecule has 1 aliphatic heterocycles. The molecule has 3 heteroatoms.